The lowest BCUT2D eigenvalue weighted by molar-refractivity contribution is 0.109. The van der Waals surface area contributed by atoms with E-state index >= 15 is 0 Å². The molecule has 0 nitrogen and oxygen atoms in total. The highest BCUT2D eigenvalue weighted by Crippen LogP contribution is 2.23. The summed E-state index contributed by atoms with van der Waals surface area (Å²) in [6.45, 7) is 0. The number of halogens is 2. The second-order valence-corrected chi connectivity index (χ2v) is 2.90. The second kappa shape index (κ2) is 3.22. The van der Waals surface area contributed by atoms with Crippen molar-refractivity contribution in [2.24, 2.45) is 0 Å². The number of rotatable bonds is 2. The minimum atomic E-state index is -3.01. The number of hydrogen-bond acceptors (Lipinski definition) is 0. The van der Waals surface area contributed by atoms with E-state index in [1.165, 1.54) is 0 Å². The summed E-state index contributed by atoms with van der Waals surface area (Å²) >= 11 is 3.93. The zero-order chi connectivity index (χ0) is 8.32. The standard InChI is InChI=1S/C8H7F2S/c9-8(10,11)6-7-4-2-1-3-5-7/h1-5H,6H2. The Kier molecular flexibility index (Phi) is 2.49. The molecule has 1 rings (SSSR count). The van der Waals surface area contributed by atoms with Crippen LogP contribution in [-0.2, 0) is 6.42 Å². The Bertz CT molecular complexity index is 215. The first-order chi connectivity index (χ1) is 5.08. The van der Waals surface area contributed by atoms with Gasteiger partial charge in [0.2, 0.25) is 0 Å². The highest BCUT2D eigenvalue weighted by Gasteiger charge is 2.23. The van der Waals surface area contributed by atoms with Crippen molar-refractivity contribution in [2.45, 2.75) is 11.7 Å². The van der Waals surface area contributed by atoms with Gasteiger partial charge in [0.25, 0.3) is 0 Å². The smallest absolute Gasteiger partial charge is 0.193 e. The van der Waals surface area contributed by atoms with Gasteiger partial charge in [-0.2, -0.15) is 8.78 Å². The Morgan fingerprint density at radius 1 is 1.18 bits per heavy atom. The van der Waals surface area contributed by atoms with E-state index in [2.05, 4.69) is 12.6 Å². The van der Waals surface area contributed by atoms with Crippen LogP contribution >= 0.6 is 12.6 Å². The van der Waals surface area contributed by atoms with Crippen molar-refractivity contribution in [1.82, 2.24) is 0 Å². The van der Waals surface area contributed by atoms with Gasteiger partial charge in [-0.1, -0.05) is 30.3 Å². The average Bonchev–Trinajstić information content (AvgIpc) is 1.85. The van der Waals surface area contributed by atoms with Gasteiger partial charge in [-0.15, -0.1) is 0 Å². The number of benzene rings is 1. The summed E-state index contributed by atoms with van der Waals surface area (Å²) in [5.41, 5.74) is 0.576. The zero-order valence-corrected chi connectivity index (χ0v) is 6.57. The molecule has 0 atom stereocenters. The van der Waals surface area contributed by atoms with Crippen LogP contribution < -0.4 is 0 Å². The van der Waals surface area contributed by atoms with Gasteiger partial charge < -0.3 is 0 Å². The third-order valence-corrected chi connectivity index (χ3v) is 1.40. The molecule has 1 radical (unpaired) electrons. The fourth-order valence-electron chi connectivity index (χ4n) is 0.833. The van der Waals surface area contributed by atoms with E-state index in [0.717, 1.165) is 0 Å². The Morgan fingerprint density at radius 2 is 1.73 bits per heavy atom. The minimum Gasteiger partial charge on any atom is -0.193 e. The molecule has 0 aliphatic heterocycles. The van der Waals surface area contributed by atoms with Crippen LogP contribution in [0.2, 0.25) is 0 Å². The zero-order valence-electron chi connectivity index (χ0n) is 5.76. The van der Waals surface area contributed by atoms with Crippen LogP contribution in [0.5, 0.6) is 0 Å². The van der Waals surface area contributed by atoms with E-state index in [1.54, 1.807) is 30.3 Å². The van der Waals surface area contributed by atoms with E-state index in [1.807, 2.05) is 0 Å². The summed E-state index contributed by atoms with van der Waals surface area (Å²) in [6, 6.07) is 8.50. The highest BCUT2D eigenvalue weighted by atomic mass is 32.1. The molecular weight excluding hydrogens is 166 g/mol. The lowest BCUT2D eigenvalue weighted by Crippen LogP contribution is -2.09. The molecule has 0 bridgehead atoms. The summed E-state index contributed by atoms with van der Waals surface area (Å²) < 4.78 is 24.4. The van der Waals surface area contributed by atoms with Gasteiger partial charge in [0.05, 0.1) is 0 Å². The van der Waals surface area contributed by atoms with Crippen molar-refractivity contribution in [3.05, 3.63) is 35.9 Å². The lowest BCUT2D eigenvalue weighted by atomic mass is 10.2. The first-order valence-electron chi connectivity index (χ1n) is 3.20. The third kappa shape index (κ3) is 3.37. The molecule has 0 aliphatic carbocycles. The monoisotopic (exact) mass is 173 g/mol. The van der Waals surface area contributed by atoms with Crippen LogP contribution in [0.1, 0.15) is 5.56 Å². The summed E-state index contributed by atoms with van der Waals surface area (Å²) in [4.78, 5) is 0. The topological polar surface area (TPSA) is 0 Å². The molecule has 0 fully saturated rings. The molecular formula is C8H7F2S. The SMILES string of the molecule is FC(F)([S])Cc1ccccc1. The van der Waals surface area contributed by atoms with Crippen molar-refractivity contribution in [1.29, 1.82) is 0 Å². The van der Waals surface area contributed by atoms with Gasteiger partial charge in [0.1, 0.15) is 0 Å². The van der Waals surface area contributed by atoms with E-state index in [0.29, 0.717) is 5.56 Å². The van der Waals surface area contributed by atoms with Crippen LogP contribution in [0.4, 0.5) is 8.78 Å². The van der Waals surface area contributed by atoms with Crippen LogP contribution in [0, 0.1) is 0 Å². The van der Waals surface area contributed by atoms with Gasteiger partial charge in [-0.25, -0.2) is 0 Å². The lowest BCUT2D eigenvalue weighted by Gasteiger charge is -2.06. The molecule has 0 aromatic heterocycles. The van der Waals surface area contributed by atoms with Gasteiger partial charge in [-0.05, 0) is 18.2 Å². The molecule has 0 unspecified atom stereocenters. The Labute approximate surface area is 69.6 Å². The molecule has 0 saturated carbocycles. The maximum absolute atomic E-state index is 12.2. The predicted octanol–water partition coefficient (Wildman–Crippen LogP) is 3.02. The van der Waals surface area contributed by atoms with Gasteiger partial charge >= 0.3 is 5.25 Å². The van der Waals surface area contributed by atoms with E-state index < -0.39 is 5.25 Å². The number of hydrogen-bond donors (Lipinski definition) is 0. The van der Waals surface area contributed by atoms with Crippen molar-refractivity contribution < 1.29 is 8.78 Å². The summed E-state index contributed by atoms with van der Waals surface area (Å²) in [6.07, 6.45) is -0.358. The molecule has 1 aromatic carbocycles. The van der Waals surface area contributed by atoms with Gasteiger partial charge in [0, 0.05) is 6.42 Å². The normalized spacial score (nSPS) is 11.5. The fraction of sp³-hybridized carbons (Fsp3) is 0.250. The first-order valence-corrected chi connectivity index (χ1v) is 3.61. The minimum absolute atomic E-state index is 0.358. The molecule has 0 amide bonds. The molecule has 11 heavy (non-hydrogen) atoms. The van der Waals surface area contributed by atoms with E-state index in [4.69, 9.17) is 0 Å². The maximum atomic E-state index is 12.2. The van der Waals surface area contributed by atoms with Gasteiger partial charge in [0.15, 0.2) is 0 Å². The number of alkyl halides is 2. The summed E-state index contributed by atoms with van der Waals surface area (Å²) in [5.74, 6) is 0. The van der Waals surface area contributed by atoms with E-state index in [-0.39, 0.29) is 6.42 Å². The average molecular weight is 173 g/mol. The molecule has 1 aromatic rings. The van der Waals surface area contributed by atoms with Crippen molar-refractivity contribution in [3.63, 3.8) is 0 Å². The predicted molar refractivity (Wildman–Crippen MR) is 42.7 cm³/mol. The van der Waals surface area contributed by atoms with Crippen LogP contribution in [0.25, 0.3) is 0 Å². The molecule has 3 heteroatoms. The van der Waals surface area contributed by atoms with Crippen molar-refractivity contribution in [3.8, 4) is 0 Å². The summed E-state index contributed by atoms with van der Waals surface area (Å²) in [5, 5.41) is -3.01. The molecule has 0 heterocycles. The van der Waals surface area contributed by atoms with Crippen molar-refractivity contribution in [2.75, 3.05) is 0 Å². The molecule has 59 valence electrons. The summed E-state index contributed by atoms with van der Waals surface area (Å²) in [7, 11) is 0. The maximum Gasteiger partial charge on any atom is 0.307 e. The van der Waals surface area contributed by atoms with Crippen molar-refractivity contribution >= 4 is 12.6 Å². The second-order valence-electron chi connectivity index (χ2n) is 2.30. The quantitative estimate of drug-likeness (QED) is 0.644. The van der Waals surface area contributed by atoms with Crippen LogP contribution in [0.15, 0.2) is 30.3 Å². The first kappa shape index (κ1) is 8.53. The Hall–Kier alpha value is -0.570. The molecule has 0 saturated heterocycles. The fourth-order valence-corrected chi connectivity index (χ4v) is 1.00. The Morgan fingerprint density at radius 3 is 2.18 bits per heavy atom. The molecule has 0 spiro atoms. The van der Waals surface area contributed by atoms with Gasteiger partial charge in [-0.3, -0.25) is 0 Å². The molecule has 0 aliphatic rings. The highest BCUT2D eigenvalue weighted by molar-refractivity contribution is 7.81. The largest absolute Gasteiger partial charge is 0.307 e. The van der Waals surface area contributed by atoms with Crippen LogP contribution in [-0.4, -0.2) is 5.25 Å². The molecule has 0 N–H and O–H groups in total. The van der Waals surface area contributed by atoms with E-state index in [9.17, 15) is 8.78 Å². The van der Waals surface area contributed by atoms with Crippen LogP contribution in [0.3, 0.4) is 0 Å². The Balaban J connectivity index is 2.66. The third-order valence-electron chi connectivity index (χ3n) is 1.25.